The molecule has 6 heteroatoms. The van der Waals surface area contributed by atoms with E-state index in [9.17, 15) is 9.70 Å². The summed E-state index contributed by atoms with van der Waals surface area (Å²) >= 11 is 0. The zero-order valence-electron chi connectivity index (χ0n) is 5.39. The second kappa shape index (κ2) is 4.42. The van der Waals surface area contributed by atoms with Crippen LogP contribution in [0, 0.1) is 4.91 Å². The van der Waals surface area contributed by atoms with Crippen molar-refractivity contribution in [2.45, 2.75) is 6.92 Å². The molecule has 0 rings (SSSR count). The Morgan fingerprint density at radius 3 is 2.50 bits per heavy atom. The van der Waals surface area contributed by atoms with E-state index in [0.29, 0.717) is 0 Å². The van der Waals surface area contributed by atoms with Crippen molar-refractivity contribution < 1.29 is 10.0 Å². The molecule has 0 bridgehead atoms. The molecule has 6 nitrogen and oxygen atoms in total. The summed E-state index contributed by atoms with van der Waals surface area (Å²) in [5.74, 6) is -0.391. The van der Waals surface area contributed by atoms with E-state index in [1.54, 1.807) is 6.92 Å². The lowest BCUT2D eigenvalue weighted by molar-refractivity contribution is -0.103. The van der Waals surface area contributed by atoms with E-state index in [1.807, 2.05) is 0 Å². The molecule has 0 atom stereocenters. The number of nitrogens with zero attached hydrogens (tertiary/aromatic N) is 3. The molecule has 0 spiro atoms. The Labute approximate surface area is 57.1 Å². The Hall–Kier alpha value is -1.46. The number of hydrogen-bond acceptors (Lipinski definition) is 5. The first-order valence-electron chi connectivity index (χ1n) is 2.58. The summed E-state index contributed by atoms with van der Waals surface area (Å²) in [6, 6.07) is 0. The van der Waals surface area contributed by atoms with E-state index >= 15 is 0 Å². The molecule has 10 heavy (non-hydrogen) atoms. The van der Waals surface area contributed by atoms with Crippen LogP contribution < -0.4 is 0 Å². The van der Waals surface area contributed by atoms with Crippen molar-refractivity contribution in [3.63, 3.8) is 0 Å². The summed E-state index contributed by atoms with van der Waals surface area (Å²) < 4.78 is 0. The third-order valence-corrected chi connectivity index (χ3v) is 0.870. The molecule has 0 unspecified atom stereocenters. The predicted molar refractivity (Wildman–Crippen MR) is 33.5 cm³/mol. The highest BCUT2D eigenvalue weighted by Crippen LogP contribution is 1.88. The Morgan fingerprint density at radius 2 is 2.40 bits per heavy atom. The number of amidine groups is 1. The summed E-state index contributed by atoms with van der Waals surface area (Å²) in [6.45, 7) is 1.79. The molecular weight excluding hydrogens is 138 g/mol. The number of carbonyl (C=O) groups is 1. The van der Waals surface area contributed by atoms with Crippen LogP contribution in [0.25, 0.3) is 0 Å². The van der Waals surface area contributed by atoms with Gasteiger partial charge in [-0.05, 0) is 6.92 Å². The molecule has 0 saturated carbocycles. The van der Waals surface area contributed by atoms with Crippen molar-refractivity contribution in [1.82, 2.24) is 5.01 Å². The van der Waals surface area contributed by atoms with Gasteiger partial charge in [-0.15, -0.1) is 4.91 Å². The van der Waals surface area contributed by atoms with Gasteiger partial charge in [0.1, 0.15) is 0 Å². The summed E-state index contributed by atoms with van der Waals surface area (Å²) in [7, 11) is 0. The monoisotopic (exact) mass is 145 g/mol. The average molecular weight is 145 g/mol. The highest BCUT2D eigenvalue weighted by molar-refractivity contribution is 6.26. The summed E-state index contributed by atoms with van der Waals surface area (Å²) in [5, 5.41) is 13.7. The third kappa shape index (κ3) is 1.81. The van der Waals surface area contributed by atoms with Crippen LogP contribution in [0.2, 0.25) is 0 Å². The van der Waals surface area contributed by atoms with Gasteiger partial charge in [0.2, 0.25) is 5.84 Å². The maximum absolute atomic E-state index is 9.96. The maximum Gasteiger partial charge on any atom is 0.230 e. The molecule has 0 aliphatic rings. The van der Waals surface area contributed by atoms with Crippen LogP contribution in [0.3, 0.4) is 0 Å². The molecule has 1 N–H and O–H groups in total. The van der Waals surface area contributed by atoms with Crippen LogP contribution in [0.4, 0.5) is 0 Å². The first-order valence-corrected chi connectivity index (χ1v) is 2.58. The second-order valence-corrected chi connectivity index (χ2v) is 1.37. The van der Waals surface area contributed by atoms with Gasteiger partial charge < -0.3 is 5.21 Å². The zero-order chi connectivity index (χ0) is 7.98. The van der Waals surface area contributed by atoms with Crippen molar-refractivity contribution in [2.24, 2.45) is 10.4 Å². The molecule has 0 saturated heterocycles. The molecule has 0 radical (unpaired) electrons. The van der Waals surface area contributed by atoms with Crippen LogP contribution in [0.15, 0.2) is 10.4 Å². The lowest BCUT2D eigenvalue weighted by Crippen LogP contribution is -2.25. The molecule has 0 aromatic carbocycles. The molecule has 0 fully saturated rings. The number of aldehydes is 1. The fourth-order valence-corrected chi connectivity index (χ4v) is 0.398. The molecule has 0 amide bonds. The number of rotatable bonds is 3. The smallest absolute Gasteiger partial charge is 0.230 e. The van der Waals surface area contributed by atoms with Crippen molar-refractivity contribution in [3.8, 4) is 0 Å². The molecule has 0 aromatic heterocycles. The minimum Gasteiger partial charge on any atom is -0.409 e. The SMILES string of the molecule is CCN(N=O)C(C=O)=NO. The largest absolute Gasteiger partial charge is 0.409 e. The number of oxime groups is 1. The van der Waals surface area contributed by atoms with E-state index in [-0.39, 0.29) is 12.8 Å². The Bertz CT molecular complexity index is 156. The minimum absolute atomic E-state index is 0.196. The van der Waals surface area contributed by atoms with Gasteiger partial charge in [-0.25, -0.2) is 5.01 Å². The molecule has 56 valence electrons. The highest BCUT2D eigenvalue weighted by Gasteiger charge is 2.07. The molecular formula is C4H7N3O3. The first kappa shape index (κ1) is 8.54. The van der Waals surface area contributed by atoms with Gasteiger partial charge in [0.15, 0.2) is 6.29 Å². The first-order chi connectivity index (χ1) is 4.79. The average Bonchev–Trinajstić information content (AvgIpc) is 2.00. The highest BCUT2D eigenvalue weighted by atomic mass is 16.4. The normalized spacial score (nSPS) is 10.7. The number of carbonyl (C=O) groups excluding carboxylic acids is 1. The van der Waals surface area contributed by atoms with E-state index in [1.165, 1.54) is 0 Å². The van der Waals surface area contributed by atoms with Crippen molar-refractivity contribution in [3.05, 3.63) is 4.91 Å². The summed E-state index contributed by atoms with van der Waals surface area (Å²) in [5.41, 5.74) is 0. The number of nitroso groups, excluding NO2 is 1. The maximum atomic E-state index is 9.96. The van der Waals surface area contributed by atoms with E-state index in [0.717, 1.165) is 5.01 Å². The van der Waals surface area contributed by atoms with Crippen LogP contribution in [0.1, 0.15) is 6.92 Å². The Balaban J connectivity index is 4.24. The van der Waals surface area contributed by atoms with Gasteiger partial charge in [-0.3, -0.25) is 4.79 Å². The molecule has 0 aliphatic carbocycles. The lowest BCUT2D eigenvalue weighted by Gasteiger charge is -2.06. The van der Waals surface area contributed by atoms with Gasteiger partial charge in [0, 0.05) is 6.54 Å². The zero-order valence-corrected chi connectivity index (χ0v) is 5.39. The van der Waals surface area contributed by atoms with Gasteiger partial charge in [0.25, 0.3) is 0 Å². The van der Waals surface area contributed by atoms with Crippen molar-refractivity contribution in [2.75, 3.05) is 6.54 Å². The Morgan fingerprint density at radius 1 is 1.80 bits per heavy atom. The standard InChI is InChI=1S/C4H7N3O3/c1-2-7(6-10)4(3-8)5-9/h3,9H,2H2,1H3. The minimum atomic E-state index is -0.391. The van der Waals surface area contributed by atoms with Crippen LogP contribution in [0.5, 0.6) is 0 Å². The quantitative estimate of drug-likeness (QED) is 0.151. The van der Waals surface area contributed by atoms with E-state index in [4.69, 9.17) is 5.21 Å². The fraction of sp³-hybridized carbons (Fsp3) is 0.500. The van der Waals surface area contributed by atoms with Crippen molar-refractivity contribution >= 4 is 12.1 Å². The second-order valence-electron chi connectivity index (χ2n) is 1.37. The summed E-state index contributed by atoms with van der Waals surface area (Å²) in [4.78, 5) is 19.8. The van der Waals surface area contributed by atoms with Crippen LogP contribution >= 0.6 is 0 Å². The molecule has 0 aliphatic heterocycles. The topological polar surface area (TPSA) is 82.3 Å². The van der Waals surface area contributed by atoms with Gasteiger partial charge >= 0.3 is 0 Å². The van der Waals surface area contributed by atoms with Gasteiger partial charge in [-0.1, -0.05) is 5.16 Å². The number of hydrogen-bond donors (Lipinski definition) is 1. The fourth-order valence-electron chi connectivity index (χ4n) is 0.398. The lowest BCUT2D eigenvalue weighted by atomic mass is 10.6. The van der Waals surface area contributed by atoms with E-state index < -0.39 is 5.84 Å². The van der Waals surface area contributed by atoms with Crippen LogP contribution in [-0.2, 0) is 4.79 Å². The number of likely N-dealkylation sites (N-methyl/N-ethyl adjacent to an activating group) is 1. The molecule has 0 aromatic rings. The predicted octanol–water partition coefficient (Wildman–Crippen LogP) is -0.0237. The summed E-state index contributed by atoms with van der Waals surface area (Å²) in [6.07, 6.45) is 0.241. The van der Waals surface area contributed by atoms with Crippen LogP contribution in [-0.4, -0.2) is 28.9 Å². The third-order valence-electron chi connectivity index (χ3n) is 0.870. The van der Waals surface area contributed by atoms with E-state index in [2.05, 4.69) is 10.4 Å². The van der Waals surface area contributed by atoms with Gasteiger partial charge in [-0.2, -0.15) is 0 Å². The molecule has 0 heterocycles. The Kier molecular flexibility index (Phi) is 3.78. The van der Waals surface area contributed by atoms with Gasteiger partial charge in [0.05, 0.1) is 5.29 Å². The van der Waals surface area contributed by atoms with Crippen molar-refractivity contribution in [1.29, 1.82) is 0 Å².